The van der Waals surface area contributed by atoms with Crippen LogP contribution in [0.1, 0.15) is 18.1 Å². The molecule has 70 valence electrons. The molecule has 0 saturated carbocycles. The molecule has 2 nitrogen and oxygen atoms in total. The Morgan fingerprint density at radius 3 is 1.50 bits per heavy atom. The Bertz CT molecular complexity index is 178. The number of aliphatic hydroxyl groups excluding tert-OH is 1. The first-order valence-electron chi connectivity index (χ1n) is 3.85. The molecule has 12 heavy (non-hydrogen) atoms. The smallest absolute Gasteiger partial charge is 0.0402 e. The van der Waals surface area contributed by atoms with Crippen molar-refractivity contribution in [1.82, 2.24) is 6.15 Å². The molecule has 0 aromatic heterocycles. The molecule has 0 radical (unpaired) electrons. The topological polar surface area (TPSA) is 55.2 Å². The number of hydrogen-bond acceptors (Lipinski definition) is 2. The highest BCUT2D eigenvalue weighted by Gasteiger charge is 1.83. The van der Waals surface area contributed by atoms with E-state index in [1.807, 2.05) is 0 Å². The highest BCUT2D eigenvalue weighted by atomic mass is 16.2. The molecule has 0 bridgehead atoms. The molecule has 0 unspecified atom stereocenters. The third-order valence-electron chi connectivity index (χ3n) is 1.43. The molecule has 0 heterocycles. The van der Waals surface area contributed by atoms with Crippen molar-refractivity contribution in [3.05, 3.63) is 35.4 Å². The lowest BCUT2D eigenvalue weighted by molar-refractivity contribution is 0.318. The second kappa shape index (κ2) is 8.24. The predicted octanol–water partition coefficient (Wildman–Crippen LogP) is 2.46. The fraction of sp³-hybridized carbons (Fsp3) is 0.400. The van der Waals surface area contributed by atoms with Gasteiger partial charge in [-0.2, -0.15) is 0 Å². The number of aliphatic hydroxyl groups is 1. The van der Waals surface area contributed by atoms with Gasteiger partial charge in [0.2, 0.25) is 0 Å². The maximum Gasteiger partial charge on any atom is 0.0402 e. The second-order valence-electron chi connectivity index (χ2n) is 2.40. The Balaban J connectivity index is 0. The molecule has 0 aliphatic heterocycles. The van der Waals surface area contributed by atoms with Crippen LogP contribution < -0.4 is 6.15 Å². The van der Waals surface area contributed by atoms with E-state index < -0.39 is 0 Å². The van der Waals surface area contributed by atoms with E-state index in [1.54, 1.807) is 6.92 Å². The van der Waals surface area contributed by atoms with Crippen molar-refractivity contribution in [2.45, 2.75) is 20.8 Å². The Labute approximate surface area is 74.8 Å². The molecule has 0 saturated heterocycles. The molecule has 1 aromatic rings. The summed E-state index contributed by atoms with van der Waals surface area (Å²) >= 11 is 0. The lowest BCUT2D eigenvalue weighted by Crippen LogP contribution is -1.74. The third-order valence-corrected chi connectivity index (χ3v) is 1.43. The molecule has 4 N–H and O–H groups in total. The maximum atomic E-state index is 7.57. The van der Waals surface area contributed by atoms with Gasteiger partial charge in [-0.1, -0.05) is 24.3 Å². The summed E-state index contributed by atoms with van der Waals surface area (Å²) in [5.41, 5.74) is 2.74. The van der Waals surface area contributed by atoms with Crippen LogP contribution in [0.4, 0.5) is 0 Å². The van der Waals surface area contributed by atoms with Gasteiger partial charge in [-0.15, -0.1) is 0 Å². The Hall–Kier alpha value is -0.860. The summed E-state index contributed by atoms with van der Waals surface area (Å²) in [5.74, 6) is 0. The van der Waals surface area contributed by atoms with E-state index >= 15 is 0 Å². The zero-order valence-corrected chi connectivity index (χ0v) is 8.17. The molecule has 0 spiro atoms. The average molecular weight is 169 g/mol. The van der Waals surface area contributed by atoms with Crippen LogP contribution in [-0.4, -0.2) is 11.7 Å². The van der Waals surface area contributed by atoms with Gasteiger partial charge in [0.15, 0.2) is 0 Å². The SMILES string of the molecule is CCO.Cc1ccccc1C.N. The van der Waals surface area contributed by atoms with Crippen LogP contribution in [0.5, 0.6) is 0 Å². The van der Waals surface area contributed by atoms with Crippen molar-refractivity contribution in [3.8, 4) is 0 Å². The van der Waals surface area contributed by atoms with E-state index in [0.29, 0.717) is 0 Å². The molecule has 0 amide bonds. The minimum absolute atomic E-state index is 0. The largest absolute Gasteiger partial charge is 0.397 e. The maximum absolute atomic E-state index is 7.57. The number of hydrogen-bond donors (Lipinski definition) is 2. The summed E-state index contributed by atoms with van der Waals surface area (Å²) in [4.78, 5) is 0. The van der Waals surface area contributed by atoms with Crippen LogP contribution in [-0.2, 0) is 0 Å². The Morgan fingerprint density at radius 1 is 1.08 bits per heavy atom. The van der Waals surface area contributed by atoms with Crippen LogP contribution in [0, 0.1) is 13.8 Å². The lowest BCUT2D eigenvalue weighted by Gasteiger charge is -1.93. The van der Waals surface area contributed by atoms with Gasteiger partial charge in [0.1, 0.15) is 0 Å². The number of aryl methyl sites for hydroxylation is 2. The molecule has 1 aromatic carbocycles. The lowest BCUT2D eigenvalue weighted by atomic mass is 10.1. The highest BCUT2D eigenvalue weighted by molar-refractivity contribution is 5.23. The van der Waals surface area contributed by atoms with Crippen LogP contribution in [0.2, 0.25) is 0 Å². The zero-order chi connectivity index (χ0) is 8.69. The van der Waals surface area contributed by atoms with Crippen LogP contribution in [0.3, 0.4) is 0 Å². The van der Waals surface area contributed by atoms with Gasteiger partial charge in [-0.3, -0.25) is 0 Å². The van der Waals surface area contributed by atoms with Crippen LogP contribution in [0.25, 0.3) is 0 Å². The zero-order valence-electron chi connectivity index (χ0n) is 8.17. The quantitative estimate of drug-likeness (QED) is 0.626. The van der Waals surface area contributed by atoms with Gasteiger partial charge >= 0.3 is 0 Å². The minimum Gasteiger partial charge on any atom is -0.397 e. The van der Waals surface area contributed by atoms with Crippen molar-refractivity contribution < 1.29 is 5.11 Å². The van der Waals surface area contributed by atoms with Crippen molar-refractivity contribution in [3.63, 3.8) is 0 Å². The summed E-state index contributed by atoms with van der Waals surface area (Å²) in [6.07, 6.45) is 0. The van der Waals surface area contributed by atoms with E-state index in [2.05, 4.69) is 38.1 Å². The highest BCUT2D eigenvalue weighted by Crippen LogP contribution is 2.02. The summed E-state index contributed by atoms with van der Waals surface area (Å²) in [6, 6.07) is 8.36. The molecule has 0 aliphatic carbocycles. The van der Waals surface area contributed by atoms with Gasteiger partial charge in [0, 0.05) is 6.61 Å². The fourth-order valence-electron chi connectivity index (χ4n) is 0.663. The molecule has 2 heteroatoms. The van der Waals surface area contributed by atoms with Gasteiger partial charge < -0.3 is 11.3 Å². The summed E-state index contributed by atoms with van der Waals surface area (Å²) in [7, 11) is 0. The first kappa shape index (κ1) is 13.7. The average Bonchev–Trinajstić information content (AvgIpc) is 1.97. The van der Waals surface area contributed by atoms with Crippen LogP contribution in [0.15, 0.2) is 24.3 Å². The number of benzene rings is 1. The summed E-state index contributed by atoms with van der Waals surface area (Å²) in [5, 5.41) is 7.57. The first-order valence-corrected chi connectivity index (χ1v) is 3.85. The minimum atomic E-state index is 0. The van der Waals surface area contributed by atoms with E-state index in [0.717, 1.165) is 0 Å². The number of rotatable bonds is 0. The molecular formula is C10H19NO. The van der Waals surface area contributed by atoms with Gasteiger partial charge in [0.25, 0.3) is 0 Å². The van der Waals surface area contributed by atoms with Crippen molar-refractivity contribution in [2.24, 2.45) is 0 Å². The van der Waals surface area contributed by atoms with E-state index in [1.165, 1.54) is 11.1 Å². The van der Waals surface area contributed by atoms with Gasteiger partial charge in [-0.05, 0) is 31.9 Å². The monoisotopic (exact) mass is 169 g/mol. The van der Waals surface area contributed by atoms with Crippen molar-refractivity contribution in [2.75, 3.05) is 6.61 Å². The third kappa shape index (κ3) is 5.89. The molecule has 0 atom stereocenters. The second-order valence-corrected chi connectivity index (χ2v) is 2.40. The van der Waals surface area contributed by atoms with Gasteiger partial charge in [0.05, 0.1) is 0 Å². The fourth-order valence-corrected chi connectivity index (χ4v) is 0.663. The van der Waals surface area contributed by atoms with Crippen molar-refractivity contribution >= 4 is 0 Å². The first-order chi connectivity index (χ1) is 5.22. The Kier molecular flexibility index (Phi) is 9.41. The molecule has 0 aliphatic rings. The van der Waals surface area contributed by atoms with Crippen molar-refractivity contribution in [1.29, 1.82) is 0 Å². The van der Waals surface area contributed by atoms with E-state index in [-0.39, 0.29) is 12.8 Å². The summed E-state index contributed by atoms with van der Waals surface area (Å²) < 4.78 is 0. The van der Waals surface area contributed by atoms with E-state index in [9.17, 15) is 0 Å². The van der Waals surface area contributed by atoms with Gasteiger partial charge in [-0.25, -0.2) is 0 Å². The standard InChI is InChI=1S/C8H10.C2H6O.H3N/c1-7-5-3-4-6-8(7)2;1-2-3;/h3-6H,1-2H3;3H,2H2,1H3;1H3. The normalized spacial score (nSPS) is 7.67. The van der Waals surface area contributed by atoms with E-state index in [4.69, 9.17) is 5.11 Å². The van der Waals surface area contributed by atoms with Crippen LogP contribution >= 0.6 is 0 Å². The molecule has 1 rings (SSSR count). The molecule has 0 fully saturated rings. The summed E-state index contributed by atoms with van der Waals surface area (Å²) in [6.45, 7) is 6.17. The Morgan fingerprint density at radius 2 is 1.33 bits per heavy atom. The molecular weight excluding hydrogens is 150 g/mol. The predicted molar refractivity (Wildman–Crippen MR) is 53.7 cm³/mol.